The van der Waals surface area contributed by atoms with Crippen molar-refractivity contribution in [2.75, 3.05) is 31.2 Å². The SMILES string of the molecule is CC(C)(C)Oc1nc(N2CCOCC2)c([N+](=O)[O-])s1. The second kappa shape index (κ2) is 5.30. The van der Waals surface area contributed by atoms with E-state index in [9.17, 15) is 10.1 Å². The Morgan fingerprint density at radius 3 is 2.58 bits per heavy atom. The summed E-state index contributed by atoms with van der Waals surface area (Å²) in [5, 5.41) is 11.5. The first-order chi connectivity index (χ1) is 8.87. The third-order valence-electron chi connectivity index (χ3n) is 2.44. The first-order valence-corrected chi connectivity index (χ1v) is 6.85. The van der Waals surface area contributed by atoms with Crippen molar-refractivity contribution >= 4 is 22.2 Å². The molecule has 1 saturated heterocycles. The summed E-state index contributed by atoms with van der Waals surface area (Å²) in [7, 11) is 0. The first kappa shape index (κ1) is 14.0. The van der Waals surface area contributed by atoms with Gasteiger partial charge >= 0.3 is 5.00 Å². The third kappa shape index (κ3) is 3.54. The van der Waals surface area contributed by atoms with E-state index in [0.717, 1.165) is 11.3 Å². The fourth-order valence-corrected chi connectivity index (χ4v) is 2.62. The molecule has 1 fully saturated rings. The van der Waals surface area contributed by atoms with Crippen LogP contribution in [0.5, 0.6) is 5.19 Å². The van der Waals surface area contributed by atoms with E-state index in [0.29, 0.717) is 37.3 Å². The lowest BCUT2D eigenvalue weighted by molar-refractivity contribution is -0.379. The molecule has 1 aromatic rings. The summed E-state index contributed by atoms with van der Waals surface area (Å²) >= 11 is 0.973. The quantitative estimate of drug-likeness (QED) is 0.625. The van der Waals surface area contributed by atoms with Crippen molar-refractivity contribution < 1.29 is 14.4 Å². The fourth-order valence-electron chi connectivity index (χ4n) is 1.69. The first-order valence-electron chi connectivity index (χ1n) is 6.04. The van der Waals surface area contributed by atoms with Crippen LogP contribution < -0.4 is 9.64 Å². The summed E-state index contributed by atoms with van der Waals surface area (Å²) < 4.78 is 10.9. The molecule has 0 unspecified atom stereocenters. The molecule has 19 heavy (non-hydrogen) atoms. The average molecular weight is 287 g/mol. The summed E-state index contributed by atoms with van der Waals surface area (Å²) in [6.07, 6.45) is 0. The van der Waals surface area contributed by atoms with Gasteiger partial charge in [-0.15, -0.1) is 0 Å². The van der Waals surface area contributed by atoms with Crippen LogP contribution in [-0.2, 0) is 4.74 Å². The summed E-state index contributed by atoms with van der Waals surface area (Å²) in [6.45, 7) is 7.99. The van der Waals surface area contributed by atoms with E-state index in [1.165, 1.54) is 0 Å². The Morgan fingerprint density at radius 2 is 2.05 bits per heavy atom. The minimum atomic E-state index is -0.423. The maximum absolute atomic E-state index is 11.1. The van der Waals surface area contributed by atoms with E-state index in [1.54, 1.807) is 0 Å². The maximum atomic E-state index is 11.1. The van der Waals surface area contributed by atoms with Crippen LogP contribution >= 0.6 is 11.3 Å². The molecule has 0 amide bonds. The van der Waals surface area contributed by atoms with Gasteiger partial charge in [-0.25, -0.2) is 0 Å². The highest BCUT2D eigenvalue weighted by Gasteiger charge is 2.29. The van der Waals surface area contributed by atoms with Crippen LogP contribution in [0.2, 0.25) is 0 Å². The standard InChI is InChI=1S/C11H17N3O4S/c1-11(2,3)18-10-12-8(9(19-10)14(15)16)13-4-6-17-7-5-13/h4-7H2,1-3H3. The van der Waals surface area contributed by atoms with Gasteiger partial charge in [0, 0.05) is 13.1 Å². The average Bonchev–Trinajstić information content (AvgIpc) is 2.72. The van der Waals surface area contributed by atoms with Crippen molar-refractivity contribution in [2.24, 2.45) is 0 Å². The van der Waals surface area contributed by atoms with E-state index < -0.39 is 10.5 Å². The van der Waals surface area contributed by atoms with Gasteiger partial charge in [-0.1, -0.05) is 0 Å². The van der Waals surface area contributed by atoms with Gasteiger partial charge in [0.15, 0.2) is 0 Å². The molecule has 1 aliphatic rings. The number of aromatic nitrogens is 1. The summed E-state index contributed by atoms with van der Waals surface area (Å²) in [5.41, 5.74) is -0.423. The zero-order valence-corrected chi connectivity index (χ0v) is 12.0. The number of nitrogens with zero attached hydrogens (tertiary/aromatic N) is 3. The number of thiazole rings is 1. The van der Waals surface area contributed by atoms with E-state index in [-0.39, 0.29) is 5.00 Å². The van der Waals surface area contributed by atoms with Crippen molar-refractivity contribution in [2.45, 2.75) is 26.4 Å². The van der Waals surface area contributed by atoms with Crippen LogP contribution in [0.4, 0.5) is 10.8 Å². The zero-order valence-electron chi connectivity index (χ0n) is 11.2. The van der Waals surface area contributed by atoms with Gasteiger partial charge in [0.05, 0.1) is 18.1 Å². The van der Waals surface area contributed by atoms with Crippen LogP contribution in [0.25, 0.3) is 0 Å². The Kier molecular flexibility index (Phi) is 3.91. The molecule has 2 rings (SSSR count). The molecule has 0 saturated carbocycles. The summed E-state index contributed by atoms with van der Waals surface area (Å²) in [5.74, 6) is 0.387. The lowest BCUT2D eigenvalue weighted by Crippen LogP contribution is -2.36. The molecule has 0 radical (unpaired) electrons. The highest BCUT2D eigenvalue weighted by molar-refractivity contribution is 7.17. The Labute approximate surface area is 115 Å². The highest BCUT2D eigenvalue weighted by Crippen LogP contribution is 2.39. The zero-order chi connectivity index (χ0) is 14.0. The van der Waals surface area contributed by atoms with Gasteiger partial charge in [0.2, 0.25) is 5.82 Å². The molecule has 0 aromatic carbocycles. The molecule has 7 nitrogen and oxygen atoms in total. The molecule has 1 aromatic heterocycles. The van der Waals surface area contributed by atoms with Gasteiger partial charge in [-0.3, -0.25) is 10.1 Å². The van der Waals surface area contributed by atoms with E-state index >= 15 is 0 Å². The second-order valence-corrected chi connectivity index (χ2v) is 6.12. The summed E-state index contributed by atoms with van der Waals surface area (Å²) in [4.78, 5) is 16.8. The van der Waals surface area contributed by atoms with Gasteiger partial charge in [0.1, 0.15) is 5.60 Å². The number of hydrogen-bond acceptors (Lipinski definition) is 7. The van der Waals surface area contributed by atoms with E-state index in [4.69, 9.17) is 9.47 Å². The van der Waals surface area contributed by atoms with Gasteiger partial charge in [0.25, 0.3) is 5.19 Å². The molecule has 0 bridgehead atoms. The molecule has 0 atom stereocenters. The molecule has 0 N–H and O–H groups in total. The van der Waals surface area contributed by atoms with Crippen LogP contribution in [-0.4, -0.2) is 41.8 Å². The van der Waals surface area contributed by atoms with Crippen molar-refractivity contribution in [1.82, 2.24) is 4.98 Å². The minimum absolute atomic E-state index is 0.0288. The molecular formula is C11H17N3O4S. The molecule has 2 heterocycles. The predicted molar refractivity (Wildman–Crippen MR) is 72.2 cm³/mol. The van der Waals surface area contributed by atoms with Gasteiger partial charge in [-0.2, -0.15) is 4.98 Å². The van der Waals surface area contributed by atoms with Crippen molar-refractivity contribution in [3.05, 3.63) is 10.1 Å². The number of hydrogen-bond donors (Lipinski definition) is 0. The van der Waals surface area contributed by atoms with Gasteiger partial charge in [-0.05, 0) is 32.1 Å². The number of rotatable bonds is 3. The molecule has 1 aliphatic heterocycles. The molecular weight excluding hydrogens is 270 g/mol. The van der Waals surface area contributed by atoms with Gasteiger partial charge < -0.3 is 14.4 Å². The minimum Gasteiger partial charge on any atom is -0.464 e. The lowest BCUT2D eigenvalue weighted by Gasteiger charge is -2.26. The smallest absolute Gasteiger partial charge is 0.371 e. The van der Waals surface area contributed by atoms with Crippen molar-refractivity contribution in [3.63, 3.8) is 0 Å². The fraction of sp³-hybridized carbons (Fsp3) is 0.727. The number of anilines is 1. The molecule has 106 valence electrons. The topological polar surface area (TPSA) is 77.7 Å². The second-order valence-electron chi connectivity index (χ2n) is 5.18. The molecule has 0 aliphatic carbocycles. The Morgan fingerprint density at radius 1 is 1.42 bits per heavy atom. The molecule has 0 spiro atoms. The van der Waals surface area contributed by atoms with Crippen LogP contribution in [0.15, 0.2) is 0 Å². The van der Waals surface area contributed by atoms with Crippen LogP contribution in [0, 0.1) is 10.1 Å². The Bertz CT molecular complexity index is 463. The van der Waals surface area contributed by atoms with E-state index in [1.807, 2.05) is 25.7 Å². The highest BCUT2D eigenvalue weighted by atomic mass is 32.1. The Balaban J connectivity index is 2.27. The number of nitro groups is 1. The van der Waals surface area contributed by atoms with Crippen molar-refractivity contribution in [3.8, 4) is 5.19 Å². The largest absolute Gasteiger partial charge is 0.464 e. The number of morpholine rings is 1. The summed E-state index contributed by atoms with van der Waals surface area (Å²) in [6, 6.07) is 0. The molecule has 8 heteroatoms. The normalized spacial score (nSPS) is 16.5. The number of ether oxygens (including phenoxy) is 2. The maximum Gasteiger partial charge on any atom is 0.371 e. The van der Waals surface area contributed by atoms with Crippen molar-refractivity contribution in [1.29, 1.82) is 0 Å². The third-order valence-corrected chi connectivity index (χ3v) is 3.32. The predicted octanol–water partition coefficient (Wildman–Crippen LogP) is 2.07. The monoisotopic (exact) mass is 287 g/mol. The van der Waals surface area contributed by atoms with Crippen LogP contribution in [0.1, 0.15) is 20.8 Å². The van der Waals surface area contributed by atoms with Crippen LogP contribution in [0.3, 0.4) is 0 Å². The van der Waals surface area contributed by atoms with E-state index in [2.05, 4.69) is 4.98 Å². The lowest BCUT2D eigenvalue weighted by atomic mass is 10.2. The Hall–Kier alpha value is -1.41.